The van der Waals surface area contributed by atoms with Gasteiger partial charge in [0.05, 0.1) is 37.6 Å². The van der Waals surface area contributed by atoms with E-state index in [9.17, 15) is 26.7 Å². The van der Waals surface area contributed by atoms with Gasteiger partial charge >= 0.3 is 6.03 Å². The molecule has 0 saturated carbocycles. The number of rotatable bonds is 4. The van der Waals surface area contributed by atoms with Gasteiger partial charge in [-0.15, -0.1) is 0 Å². The molecule has 1 aromatic heterocycles. The van der Waals surface area contributed by atoms with Gasteiger partial charge in [-0.3, -0.25) is 0 Å². The van der Waals surface area contributed by atoms with Crippen molar-refractivity contribution < 1.29 is 36.2 Å². The summed E-state index contributed by atoms with van der Waals surface area (Å²) < 4.78 is 78.3. The molecule has 2 heterocycles. The molecule has 0 saturated heterocycles. The van der Waals surface area contributed by atoms with E-state index in [0.29, 0.717) is 16.6 Å². The van der Waals surface area contributed by atoms with Crippen LogP contribution in [-0.4, -0.2) is 36.7 Å². The molecule has 174 valence electrons. The topological polar surface area (TPSA) is 63.7 Å². The average Bonchev–Trinajstić information content (AvgIpc) is 2.79. The van der Waals surface area contributed by atoms with Gasteiger partial charge in [0.15, 0.2) is 11.6 Å². The first-order valence-electron chi connectivity index (χ1n) is 9.76. The molecule has 1 unspecified atom stereocenters. The van der Waals surface area contributed by atoms with Gasteiger partial charge in [0, 0.05) is 23.7 Å². The number of halogens is 5. The van der Waals surface area contributed by atoms with Crippen molar-refractivity contribution in [2.24, 2.45) is 0 Å². The van der Waals surface area contributed by atoms with Crippen molar-refractivity contribution in [2.45, 2.75) is 19.1 Å². The quantitative estimate of drug-likeness (QED) is 0.527. The summed E-state index contributed by atoms with van der Waals surface area (Å²) >= 11 is 0. The number of methoxy groups -OCH3 is 1. The maximum atomic E-state index is 14.1. The fourth-order valence-corrected chi connectivity index (χ4v) is 3.78. The minimum Gasteiger partial charge on any atom is -0.481 e. The Morgan fingerprint density at radius 3 is 2.52 bits per heavy atom. The predicted molar refractivity (Wildman–Crippen MR) is 109 cm³/mol. The molecular weight excluding hydrogens is 449 g/mol. The number of benzene rings is 2. The van der Waals surface area contributed by atoms with Crippen LogP contribution in [0.5, 0.6) is 5.88 Å². The van der Waals surface area contributed by atoms with Crippen molar-refractivity contribution in [3.8, 4) is 5.88 Å². The number of ether oxygens (including phenoxy) is 2. The lowest BCUT2D eigenvalue weighted by molar-refractivity contribution is 0.0525. The van der Waals surface area contributed by atoms with Gasteiger partial charge in [0.2, 0.25) is 5.88 Å². The molecule has 4 rings (SSSR count). The van der Waals surface area contributed by atoms with E-state index in [0.717, 1.165) is 30.3 Å². The number of urea groups is 1. The van der Waals surface area contributed by atoms with E-state index in [2.05, 4.69) is 10.3 Å². The number of nitrogens with one attached hydrogen (secondary N) is 1. The summed E-state index contributed by atoms with van der Waals surface area (Å²) in [6.45, 7) is 0.0764. The highest BCUT2D eigenvalue weighted by molar-refractivity contribution is 5.93. The summed E-state index contributed by atoms with van der Waals surface area (Å²) in [5.74, 6) is -3.18. The van der Waals surface area contributed by atoms with Gasteiger partial charge in [0.25, 0.3) is 6.43 Å². The van der Waals surface area contributed by atoms with Crippen LogP contribution in [-0.2, 0) is 11.3 Å². The summed E-state index contributed by atoms with van der Waals surface area (Å²) in [5, 5.41) is 2.95. The fraction of sp³-hybridized carbons (Fsp3) is 0.273. The van der Waals surface area contributed by atoms with Crippen molar-refractivity contribution in [2.75, 3.05) is 26.1 Å². The number of likely N-dealkylation sites (N-methyl/N-ethyl adjacent to an activating group) is 1. The van der Waals surface area contributed by atoms with E-state index < -0.39 is 41.5 Å². The number of aromatic nitrogens is 1. The first kappa shape index (κ1) is 22.7. The third-order valence-electron chi connectivity index (χ3n) is 5.44. The second-order valence-corrected chi connectivity index (χ2v) is 7.40. The number of pyridine rings is 1. The molecule has 0 radical (unpaired) electrons. The Morgan fingerprint density at radius 1 is 1.15 bits per heavy atom. The van der Waals surface area contributed by atoms with E-state index >= 15 is 0 Å². The van der Waals surface area contributed by atoms with Gasteiger partial charge in [-0.2, -0.15) is 0 Å². The Hall–Kier alpha value is -3.47. The standard InChI is InChI=1S/C22H18F5N3O3/c1-30(22(31)28-10-3-4-14(23)13(5-10)20(26)27)18-9-33-8-17-19(18)11-6-15(24)16(25)7-12(11)21(29-17)32-2/h3-7,18,20H,8-9H2,1-2H3,(H,28,31). The Morgan fingerprint density at radius 2 is 1.85 bits per heavy atom. The fourth-order valence-electron chi connectivity index (χ4n) is 3.78. The molecule has 0 bridgehead atoms. The number of carbonyl (C=O) groups is 1. The molecule has 0 aliphatic carbocycles. The van der Waals surface area contributed by atoms with Crippen LogP contribution < -0.4 is 10.1 Å². The highest BCUT2D eigenvalue weighted by Gasteiger charge is 2.32. The summed E-state index contributed by atoms with van der Waals surface area (Å²) in [6, 6.07) is 3.32. The van der Waals surface area contributed by atoms with Crippen molar-refractivity contribution in [3.63, 3.8) is 0 Å². The van der Waals surface area contributed by atoms with Crippen LogP contribution >= 0.6 is 0 Å². The predicted octanol–water partition coefficient (Wildman–Crippen LogP) is 5.33. The number of alkyl halides is 2. The molecule has 1 N–H and O–H groups in total. The number of nitrogens with zero attached hydrogens (tertiary/aromatic N) is 2. The summed E-state index contributed by atoms with van der Waals surface area (Å²) in [7, 11) is 2.76. The van der Waals surface area contributed by atoms with Crippen LogP contribution in [0.15, 0.2) is 30.3 Å². The Bertz CT molecular complexity index is 1240. The minimum atomic E-state index is -3.05. The molecule has 3 aromatic rings. The number of anilines is 1. The summed E-state index contributed by atoms with van der Waals surface area (Å²) in [5.41, 5.74) is -0.0584. The lowest BCUT2D eigenvalue weighted by atomic mass is 9.95. The monoisotopic (exact) mass is 467 g/mol. The molecule has 11 heteroatoms. The molecule has 1 aliphatic rings. The van der Waals surface area contributed by atoms with Gasteiger partial charge in [-0.1, -0.05) is 0 Å². The third-order valence-corrected chi connectivity index (χ3v) is 5.44. The highest BCUT2D eigenvalue weighted by Crippen LogP contribution is 2.38. The van der Waals surface area contributed by atoms with Crippen molar-refractivity contribution in [3.05, 3.63) is 64.6 Å². The SMILES string of the molecule is COc1nc2c(c3cc(F)c(F)cc13)C(N(C)C(=O)Nc1ccc(F)c(C(F)F)c1)COC2. The number of amides is 2. The summed E-state index contributed by atoms with van der Waals surface area (Å²) in [4.78, 5) is 18.4. The highest BCUT2D eigenvalue weighted by atomic mass is 19.3. The second-order valence-electron chi connectivity index (χ2n) is 7.40. The minimum absolute atomic E-state index is 0.0186. The number of hydrogen-bond acceptors (Lipinski definition) is 4. The molecule has 0 spiro atoms. The maximum absolute atomic E-state index is 14.1. The van der Waals surface area contributed by atoms with Crippen molar-refractivity contribution in [1.29, 1.82) is 0 Å². The molecule has 0 fully saturated rings. The van der Waals surface area contributed by atoms with E-state index in [-0.39, 0.29) is 30.2 Å². The van der Waals surface area contributed by atoms with Gasteiger partial charge in [-0.25, -0.2) is 31.7 Å². The maximum Gasteiger partial charge on any atom is 0.322 e. The van der Waals surface area contributed by atoms with Crippen LogP contribution in [0, 0.1) is 17.5 Å². The van der Waals surface area contributed by atoms with E-state index in [4.69, 9.17) is 9.47 Å². The largest absolute Gasteiger partial charge is 0.481 e. The molecule has 1 atom stereocenters. The molecule has 6 nitrogen and oxygen atoms in total. The van der Waals surface area contributed by atoms with Gasteiger partial charge < -0.3 is 19.7 Å². The first-order chi connectivity index (χ1) is 15.7. The average molecular weight is 467 g/mol. The van der Waals surface area contributed by atoms with Crippen LogP contribution in [0.3, 0.4) is 0 Å². The zero-order valence-corrected chi connectivity index (χ0v) is 17.5. The first-order valence-corrected chi connectivity index (χ1v) is 9.76. The lowest BCUT2D eigenvalue weighted by Gasteiger charge is -2.34. The van der Waals surface area contributed by atoms with Crippen LogP contribution in [0.1, 0.15) is 29.3 Å². The van der Waals surface area contributed by atoms with Gasteiger partial charge in [-0.05, 0) is 35.7 Å². The molecule has 33 heavy (non-hydrogen) atoms. The molecule has 1 aliphatic heterocycles. The van der Waals surface area contributed by atoms with Crippen molar-refractivity contribution in [1.82, 2.24) is 9.88 Å². The van der Waals surface area contributed by atoms with Crippen LogP contribution in [0.4, 0.5) is 32.4 Å². The molecule has 2 aromatic carbocycles. The zero-order valence-electron chi connectivity index (χ0n) is 17.5. The zero-order chi connectivity index (χ0) is 23.9. The smallest absolute Gasteiger partial charge is 0.322 e. The van der Waals surface area contributed by atoms with Gasteiger partial charge in [0.1, 0.15) is 5.82 Å². The molecule has 2 amide bonds. The van der Waals surface area contributed by atoms with Crippen LogP contribution in [0.2, 0.25) is 0 Å². The summed E-state index contributed by atoms with van der Waals surface area (Å²) in [6.07, 6.45) is -3.05. The lowest BCUT2D eigenvalue weighted by Crippen LogP contribution is -2.39. The third kappa shape index (κ3) is 4.15. The van der Waals surface area contributed by atoms with E-state index in [1.165, 1.54) is 19.1 Å². The van der Waals surface area contributed by atoms with E-state index in [1.807, 2.05) is 0 Å². The number of hydrogen-bond donors (Lipinski definition) is 1. The molecular formula is C22H18F5N3O3. The second kappa shape index (κ2) is 8.81. The normalized spacial score (nSPS) is 15.5. The van der Waals surface area contributed by atoms with Crippen molar-refractivity contribution >= 4 is 22.5 Å². The Labute approximate surface area is 184 Å². The number of fused-ring (bicyclic) bond motifs is 3. The van der Waals surface area contributed by atoms with Crippen LogP contribution in [0.25, 0.3) is 10.8 Å². The number of carbonyl (C=O) groups excluding carboxylic acids is 1. The Balaban J connectivity index is 1.71. The Kier molecular flexibility index (Phi) is 6.07. The van der Waals surface area contributed by atoms with E-state index in [1.54, 1.807) is 0 Å².